The van der Waals surface area contributed by atoms with Crippen LogP contribution in [0.1, 0.15) is 45.2 Å². The summed E-state index contributed by atoms with van der Waals surface area (Å²) < 4.78 is 0.658. The number of rotatable bonds is 4. The fourth-order valence-electron chi connectivity index (χ4n) is 2.98. The van der Waals surface area contributed by atoms with Crippen molar-refractivity contribution in [3.63, 3.8) is 0 Å². The van der Waals surface area contributed by atoms with Crippen LogP contribution in [0.2, 0.25) is 0 Å². The number of hydrogen-bond acceptors (Lipinski definition) is 4. The molecule has 0 atom stereocenters. The lowest BCUT2D eigenvalue weighted by Crippen LogP contribution is -2.28. The van der Waals surface area contributed by atoms with E-state index in [9.17, 15) is 10.1 Å². The summed E-state index contributed by atoms with van der Waals surface area (Å²) in [5, 5.41) is 14.3. The van der Waals surface area contributed by atoms with Gasteiger partial charge in [0, 0.05) is 12.1 Å². The molecule has 1 saturated carbocycles. The zero-order valence-electron chi connectivity index (χ0n) is 12.7. The molecule has 5 nitrogen and oxygen atoms in total. The van der Waals surface area contributed by atoms with E-state index in [0.717, 1.165) is 24.7 Å². The van der Waals surface area contributed by atoms with Crippen LogP contribution >= 0.6 is 15.9 Å². The monoisotopic (exact) mass is 355 g/mol. The van der Waals surface area contributed by atoms with Gasteiger partial charge in [0.1, 0.15) is 11.5 Å². The van der Waals surface area contributed by atoms with Gasteiger partial charge < -0.3 is 5.32 Å². The molecule has 6 heteroatoms. The molecule has 1 fully saturated rings. The Bertz CT molecular complexity index is 526. The van der Waals surface area contributed by atoms with Crippen molar-refractivity contribution in [3.05, 3.63) is 26.3 Å². The van der Waals surface area contributed by atoms with Crippen LogP contribution in [0.15, 0.2) is 10.5 Å². The van der Waals surface area contributed by atoms with Gasteiger partial charge in [-0.1, -0.05) is 13.8 Å². The van der Waals surface area contributed by atoms with E-state index in [1.807, 2.05) is 0 Å². The Balaban J connectivity index is 2.04. The number of anilines is 1. The first-order valence-corrected chi connectivity index (χ1v) is 8.26. The van der Waals surface area contributed by atoms with Crippen molar-refractivity contribution in [3.8, 4) is 0 Å². The van der Waals surface area contributed by atoms with Crippen molar-refractivity contribution in [2.45, 2.75) is 52.5 Å². The SMILES string of the molecule is Cc1nc(NC2CCC(C(C)C)CC2)c(Br)cc1[N+](=O)[O-]. The molecule has 0 spiro atoms. The van der Waals surface area contributed by atoms with Crippen LogP contribution in [0, 0.1) is 28.9 Å². The van der Waals surface area contributed by atoms with E-state index in [0.29, 0.717) is 22.0 Å². The van der Waals surface area contributed by atoms with E-state index in [1.165, 1.54) is 18.9 Å². The van der Waals surface area contributed by atoms with Gasteiger partial charge in [0.25, 0.3) is 5.69 Å². The van der Waals surface area contributed by atoms with Gasteiger partial charge in [-0.15, -0.1) is 0 Å². The molecule has 1 aliphatic carbocycles. The van der Waals surface area contributed by atoms with E-state index >= 15 is 0 Å². The van der Waals surface area contributed by atoms with Gasteiger partial charge in [0.2, 0.25) is 0 Å². The molecule has 2 rings (SSSR count). The highest BCUT2D eigenvalue weighted by molar-refractivity contribution is 9.10. The minimum absolute atomic E-state index is 0.0518. The van der Waals surface area contributed by atoms with Gasteiger partial charge in [-0.2, -0.15) is 0 Å². The average molecular weight is 356 g/mol. The van der Waals surface area contributed by atoms with Gasteiger partial charge in [0.15, 0.2) is 0 Å². The van der Waals surface area contributed by atoms with Gasteiger partial charge in [-0.05, 0) is 60.4 Å². The maximum atomic E-state index is 10.9. The van der Waals surface area contributed by atoms with Crippen LogP contribution in [0.3, 0.4) is 0 Å². The molecule has 0 unspecified atom stereocenters. The highest BCUT2D eigenvalue weighted by Crippen LogP contribution is 2.33. The Labute approximate surface area is 133 Å². The molecule has 0 aliphatic heterocycles. The molecule has 21 heavy (non-hydrogen) atoms. The van der Waals surface area contributed by atoms with Crippen LogP contribution in [-0.4, -0.2) is 15.9 Å². The van der Waals surface area contributed by atoms with E-state index in [2.05, 4.69) is 40.1 Å². The largest absolute Gasteiger partial charge is 0.366 e. The maximum Gasteiger partial charge on any atom is 0.291 e. The van der Waals surface area contributed by atoms with Gasteiger partial charge in [0.05, 0.1) is 9.40 Å². The molecule has 0 radical (unpaired) electrons. The maximum absolute atomic E-state index is 10.9. The lowest BCUT2D eigenvalue weighted by molar-refractivity contribution is -0.385. The zero-order valence-corrected chi connectivity index (χ0v) is 14.3. The highest BCUT2D eigenvalue weighted by atomic mass is 79.9. The highest BCUT2D eigenvalue weighted by Gasteiger charge is 2.24. The number of aromatic nitrogens is 1. The molecule has 116 valence electrons. The molecule has 1 aromatic heterocycles. The third kappa shape index (κ3) is 3.93. The minimum Gasteiger partial charge on any atom is -0.366 e. The second-order valence-corrected chi connectivity index (χ2v) is 7.03. The molecule has 1 N–H and O–H groups in total. The first-order valence-electron chi connectivity index (χ1n) is 7.46. The number of pyridine rings is 1. The van der Waals surface area contributed by atoms with Crippen molar-refractivity contribution < 1.29 is 4.92 Å². The normalized spacial score (nSPS) is 22.3. The molecule has 1 aromatic rings. The Morgan fingerprint density at radius 2 is 2.00 bits per heavy atom. The van der Waals surface area contributed by atoms with Crippen LogP contribution in [-0.2, 0) is 0 Å². The van der Waals surface area contributed by atoms with E-state index in [-0.39, 0.29) is 5.69 Å². The predicted molar refractivity (Wildman–Crippen MR) is 87.5 cm³/mol. The van der Waals surface area contributed by atoms with Gasteiger partial charge in [-0.3, -0.25) is 10.1 Å². The van der Waals surface area contributed by atoms with Crippen molar-refractivity contribution >= 4 is 27.4 Å². The Hall–Kier alpha value is -1.17. The molecular weight excluding hydrogens is 334 g/mol. The van der Waals surface area contributed by atoms with Crippen molar-refractivity contribution in [2.24, 2.45) is 11.8 Å². The zero-order chi connectivity index (χ0) is 15.6. The smallest absolute Gasteiger partial charge is 0.291 e. The molecule has 0 amide bonds. The number of aryl methyl sites for hydroxylation is 1. The lowest BCUT2D eigenvalue weighted by atomic mass is 9.80. The average Bonchev–Trinajstić information content (AvgIpc) is 2.42. The quantitative estimate of drug-likeness (QED) is 0.628. The summed E-state index contributed by atoms with van der Waals surface area (Å²) in [6.07, 6.45) is 4.73. The summed E-state index contributed by atoms with van der Waals surface area (Å²) >= 11 is 3.38. The Kier molecular flexibility index (Phi) is 5.19. The fourth-order valence-corrected chi connectivity index (χ4v) is 3.40. The molecule has 1 heterocycles. The second kappa shape index (κ2) is 6.73. The van der Waals surface area contributed by atoms with Crippen molar-refractivity contribution in [1.29, 1.82) is 0 Å². The summed E-state index contributed by atoms with van der Waals surface area (Å²) in [6.45, 7) is 6.25. The number of halogens is 1. The first kappa shape index (κ1) is 16.2. The summed E-state index contributed by atoms with van der Waals surface area (Å²) in [5.74, 6) is 2.28. The topological polar surface area (TPSA) is 68.1 Å². The first-order chi connectivity index (χ1) is 9.88. The standard InChI is InChI=1S/C15H22BrN3O2/c1-9(2)11-4-6-12(7-5-11)18-15-13(16)8-14(19(20)21)10(3)17-15/h8-9,11-12H,4-7H2,1-3H3,(H,17,18). The molecule has 0 aromatic carbocycles. The number of hydrogen-bond donors (Lipinski definition) is 1. The van der Waals surface area contributed by atoms with Gasteiger partial charge >= 0.3 is 0 Å². The Morgan fingerprint density at radius 1 is 1.38 bits per heavy atom. The Morgan fingerprint density at radius 3 is 2.52 bits per heavy atom. The van der Waals surface area contributed by atoms with Gasteiger partial charge in [-0.25, -0.2) is 4.98 Å². The lowest BCUT2D eigenvalue weighted by Gasteiger charge is -2.31. The number of nitro groups is 1. The molecule has 0 bridgehead atoms. The van der Waals surface area contributed by atoms with Crippen LogP contribution < -0.4 is 5.32 Å². The van der Waals surface area contributed by atoms with E-state index in [4.69, 9.17) is 0 Å². The second-order valence-electron chi connectivity index (χ2n) is 6.18. The predicted octanol–water partition coefficient (Wildman–Crippen LogP) is 4.69. The summed E-state index contributed by atoms with van der Waals surface area (Å²) in [5.41, 5.74) is 0.498. The summed E-state index contributed by atoms with van der Waals surface area (Å²) in [4.78, 5) is 14.8. The third-order valence-corrected chi connectivity index (χ3v) is 5.00. The number of nitrogens with one attached hydrogen (secondary N) is 1. The molecule has 1 aliphatic rings. The third-order valence-electron chi connectivity index (χ3n) is 4.39. The summed E-state index contributed by atoms with van der Waals surface area (Å²) in [6, 6.07) is 1.94. The number of nitrogens with zero attached hydrogens (tertiary/aromatic N) is 2. The van der Waals surface area contributed by atoms with Crippen LogP contribution in [0.4, 0.5) is 11.5 Å². The molecule has 0 saturated heterocycles. The van der Waals surface area contributed by atoms with E-state index in [1.54, 1.807) is 6.92 Å². The minimum atomic E-state index is -0.398. The van der Waals surface area contributed by atoms with Crippen LogP contribution in [0.5, 0.6) is 0 Å². The van der Waals surface area contributed by atoms with Crippen LogP contribution in [0.25, 0.3) is 0 Å². The summed E-state index contributed by atoms with van der Waals surface area (Å²) in [7, 11) is 0. The van der Waals surface area contributed by atoms with Crippen molar-refractivity contribution in [2.75, 3.05) is 5.32 Å². The van der Waals surface area contributed by atoms with E-state index < -0.39 is 4.92 Å². The van der Waals surface area contributed by atoms with Crippen molar-refractivity contribution in [1.82, 2.24) is 4.98 Å². The molecular formula is C15H22BrN3O2. The fraction of sp³-hybridized carbons (Fsp3) is 0.667.